The summed E-state index contributed by atoms with van der Waals surface area (Å²) in [4.78, 5) is 14.9. The zero-order valence-corrected chi connectivity index (χ0v) is 15.6. The second kappa shape index (κ2) is 8.32. The maximum absolute atomic E-state index is 12.4. The van der Waals surface area contributed by atoms with Crippen LogP contribution in [0.3, 0.4) is 0 Å². The van der Waals surface area contributed by atoms with Gasteiger partial charge in [0.15, 0.2) is 0 Å². The molecule has 1 amide bonds. The van der Waals surface area contributed by atoms with Gasteiger partial charge >= 0.3 is 0 Å². The molecule has 25 heavy (non-hydrogen) atoms. The first-order chi connectivity index (χ1) is 12.1. The third-order valence-corrected chi connectivity index (χ3v) is 5.75. The van der Waals surface area contributed by atoms with Crippen molar-refractivity contribution in [2.45, 2.75) is 52.4 Å². The van der Waals surface area contributed by atoms with E-state index < -0.39 is 0 Å². The van der Waals surface area contributed by atoms with Crippen LogP contribution in [0, 0.1) is 19.3 Å². The van der Waals surface area contributed by atoms with E-state index in [9.17, 15) is 4.79 Å². The number of ether oxygens (including phenoxy) is 1. The summed E-state index contributed by atoms with van der Waals surface area (Å²) in [5.41, 5.74) is 2.12. The van der Waals surface area contributed by atoms with Crippen LogP contribution >= 0.6 is 0 Å². The molecule has 0 bridgehead atoms. The van der Waals surface area contributed by atoms with E-state index in [1.165, 1.54) is 25.9 Å². The minimum atomic E-state index is 0.118. The van der Waals surface area contributed by atoms with Gasteiger partial charge in [-0.05, 0) is 59.0 Å². The van der Waals surface area contributed by atoms with Crippen LogP contribution in [0.15, 0.2) is 4.52 Å². The Hall–Kier alpha value is -1.40. The first-order valence-electron chi connectivity index (χ1n) is 9.57. The summed E-state index contributed by atoms with van der Waals surface area (Å²) in [5, 5.41) is 7.15. The molecule has 0 radical (unpaired) electrons. The molecule has 0 atom stereocenters. The van der Waals surface area contributed by atoms with Crippen molar-refractivity contribution in [2.24, 2.45) is 5.41 Å². The van der Waals surface area contributed by atoms with Gasteiger partial charge < -0.3 is 19.5 Å². The van der Waals surface area contributed by atoms with Gasteiger partial charge in [-0.3, -0.25) is 4.79 Å². The average Bonchev–Trinajstić information content (AvgIpc) is 3.22. The SMILES string of the molecule is Cc1noc(C)c1CCC(=O)NCC1(CN2CCCC2)CCOCC1. The highest BCUT2D eigenvalue weighted by Gasteiger charge is 2.35. The van der Waals surface area contributed by atoms with E-state index in [1.54, 1.807) is 0 Å². The first kappa shape index (κ1) is 18.4. The Labute approximate surface area is 150 Å². The lowest BCUT2D eigenvalue weighted by molar-refractivity contribution is -0.122. The lowest BCUT2D eigenvalue weighted by Crippen LogP contribution is -2.48. The number of nitrogens with zero attached hydrogens (tertiary/aromatic N) is 2. The van der Waals surface area contributed by atoms with Crippen molar-refractivity contribution in [3.05, 3.63) is 17.0 Å². The van der Waals surface area contributed by atoms with Crippen molar-refractivity contribution in [1.82, 2.24) is 15.4 Å². The van der Waals surface area contributed by atoms with Gasteiger partial charge in [0.25, 0.3) is 0 Å². The molecule has 2 fully saturated rings. The molecular weight excluding hydrogens is 318 g/mol. The molecule has 1 aromatic rings. The number of carbonyl (C=O) groups is 1. The molecule has 1 aromatic heterocycles. The minimum absolute atomic E-state index is 0.118. The fraction of sp³-hybridized carbons (Fsp3) is 0.789. The molecule has 0 aromatic carbocycles. The van der Waals surface area contributed by atoms with Crippen molar-refractivity contribution < 1.29 is 14.1 Å². The molecule has 0 saturated carbocycles. The molecule has 3 rings (SSSR count). The summed E-state index contributed by atoms with van der Waals surface area (Å²) in [5.74, 6) is 0.938. The van der Waals surface area contributed by atoms with Crippen LogP contribution < -0.4 is 5.32 Å². The molecule has 2 saturated heterocycles. The summed E-state index contributed by atoms with van der Waals surface area (Å²) in [6.45, 7) is 9.68. The summed E-state index contributed by atoms with van der Waals surface area (Å²) in [6, 6.07) is 0. The zero-order valence-electron chi connectivity index (χ0n) is 15.6. The second-order valence-electron chi connectivity index (χ2n) is 7.68. The van der Waals surface area contributed by atoms with Gasteiger partial charge in [0, 0.05) is 43.7 Å². The highest BCUT2D eigenvalue weighted by molar-refractivity contribution is 5.76. The molecule has 3 heterocycles. The molecule has 6 nitrogen and oxygen atoms in total. The Balaban J connectivity index is 1.50. The van der Waals surface area contributed by atoms with E-state index in [0.717, 1.165) is 56.2 Å². The predicted molar refractivity (Wildman–Crippen MR) is 95.5 cm³/mol. The smallest absolute Gasteiger partial charge is 0.220 e. The quantitative estimate of drug-likeness (QED) is 0.818. The molecular formula is C19H31N3O3. The van der Waals surface area contributed by atoms with Gasteiger partial charge in [-0.25, -0.2) is 0 Å². The lowest BCUT2D eigenvalue weighted by Gasteiger charge is -2.40. The van der Waals surface area contributed by atoms with Gasteiger partial charge in [-0.2, -0.15) is 0 Å². The number of likely N-dealkylation sites (tertiary alicyclic amines) is 1. The number of aryl methyl sites for hydroxylation is 2. The van der Waals surface area contributed by atoms with Crippen LogP contribution in [0.5, 0.6) is 0 Å². The summed E-state index contributed by atoms with van der Waals surface area (Å²) in [7, 11) is 0. The molecule has 2 aliphatic rings. The van der Waals surface area contributed by atoms with Crippen molar-refractivity contribution >= 4 is 5.91 Å². The summed E-state index contributed by atoms with van der Waals surface area (Å²) >= 11 is 0. The highest BCUT2D eigenvalue weighted by atomic mass is 16.5. The van der Waals surface area contributed by atoms with Crippen molar-refractivity contribution in [1.29, 1.82) is 0 Å². The van der Waals surface area contributed by atoms with Gasteiger partial charge in [0.1, 0.15) is 5.76 Å². The third-order valence-electron chi connectivity index (χ3n) is 5.75. The van der Waals surface area contributed by atoms with Crippen LogP contribution in [0.1, 0.15) is 49.1 Å². The monoisotopic (exact) mass is 349 g/mol. The van der Waals surface area contributed by atoms with Crippen LogP contribution in [-0.4, -0.2) is 55.4 Å². The van der Waals surface area contributed by atoms with E-state index in [2.05, 4.69) is 15.4 Å². The van der Waals surface area contributed by atoms with E-state index >= 15 is 0 Å². The van der Waals surface area contributed by atoms with E-state index in [1.807, 2.05) is 13.8 Å². The second-order valence-corrected chi connectivity index (χ2v) is 7.68. The molecule has 2 aliphatic heterocycles. The number of nitrogens with one attached hydrogen (secondary N) is 1. The van der Waals surface area contributed by atoms with E-state index in [4.69, 9.17) is 9.26 Å². The number of hydrogen-bond acceptors (Lipinski definition) is 5. The number of carbonyl (C=O) groups excluding carboxylic acids is 1. The lowest BCUT2D eigenvalue weighted by atomic mass is 9.79. The van der Waals surface area contributed by atoms with Crippen LogP contribution in [0.25, 0.3) is 0 Å². The van der Waals surface area contributed by atoms with Crippen LogP contribution in [0.4, 0.5) is 0 Å². The van der Waals surface area contributed by atoms with E-state index in [-0.39, 0.29) is 11.3 Å². The average molecular weight is 349 g/mol. The van der Waals surface area contributed by atoms with E-state index in [0.29, 0.717) is 12.8 Å². The van der Waals surface area contributed by atoms with Crippen molar-refractivity contribution in [2.75, 3.05) is 39.4 Å². The standard InChI is InChI=1S/C19H31N3O3/c1-15-17(16(2)25-21-15)5-6-18(23)20-13-19(7-11-24-12-8-19)14-22-9-3-4-10-22/h3-14H2,1-2H3,(H,20,23). The molecule has 140 valence electrons. The molecule has 0 spiro atoms. The van der Waals surface area contributed by atoms with Crippen molar-refractivity contribution in [3.63, 3.8) is 0 Å². The largest absolute Gasteiger partial charge is 0.381 e. The van der Waals surface area contributed by atoms with Crippen LogP contribution in [-0.2, 0) is 16.0 Å². The zero-order chi connectivity index (χ0) is 17.7. The summed E-state index contributed by atoms with van der Waals surface area (Å²) < 4.78 is 10.7. The first-order valence-corrected chi connectivity index (χ1v) is 9.57. The number of hydrogen-bond donors (Lipinski definition) is 1. The number of aromatic nitrogens is 1. The van der Waals surface area contributed by atoms with Gasteiger partial charge in [-0.15, -0.1) is 0 Å². The molecule has 6 heteroatoms. The fourth-order valence-electron chi connectivity index (χ4n) is 4.08. The molecule has 0 unspecified atom stereocenters. The summed E-state index contributed by atoms with van der Waals surface area (Å²) in [6.07, 6.45) is 5.85. The normalized spacial score (nSPS) is 20.7. The Bertz CT molecular complexity index is 553. The number of amides is 1. The fourth-order valence-corrected chi connectivity index (χ4v) is 4.08. The third kappa shape index (κ3) is 4.82. The molecule has 0 aliphatic carbocycles. The Kier molecular flexibility index (Phi) is 6.12. The topological polar surface area (TPSA) is 67.6 Å². The van der Waals surface area contributed by atoms with Gasteiger partial charge in [0.2, 0.25) is 5.91 Å². The van der Waals surface area contributed by atoms with Gasteiger partial charge in [0.05, 0.1) is 5.69 Å². The predicted octanol–water partition coefficient (Wildman–Crippen LogP) is 2.23. The number of rotatable bonds is 7. The van der Waals surface area contributed by atoms with Crippen molar-refractivity contribution in [3.8, 4) is 0 Å². The Morgan fingerprint density at radius 2 is 1.96 bits per heavy atom. The highest BCUT2D eigenvalue weighted by Crippen LogP contribution is 2.32. The minimum Gasteiger partial charge on any atom is -0.381 e. The Morgan fingerprint density at radius 1 is 1.24 bits per heavy atom. The van der Waals surface area contributed by atoms with Gasteiger partial charge in [-0.1, -0.05) is 5.16 Å². The maximum Gasteiger partial charge on any atom is 0.220 e. The van der Waals surface area contributed by atoms with Crippen LogP contribution in [0.2, 0.25) is 0 Å². The maximum atomic E-state index is 12.4. The Morgan fingerprint density at radius 3 is 2.60 bits per heavy atom. The molecule has 1 N–H and O–H groups in total.